The van der Waals surface area contributed by atoms with Gasteiger partial charge in [-0.1, -0.05) is 12.1 Å². The van der Waals surface area contributed by atoms with Crippen molar-refractivity contribution in [3.8, 4) is 11.4 Å². The molecule has 1 fully saturated rings. The highest BCUT2D eigenvalue weighted by Gasteiger charge is 2.33. The number of urea groups is 1. The summed E-state index contributed by atoms with van der Waals surface area (Å²) in [6.07, 6.45) is 3.43. The molecule has 1 aliphatic heterocycles. The molecule has 0 radical (unpaired) electrons. The van der Waals surface area contributed by atoms with Gasteiger partial charge >= 0.3 is 6.03 Å². The highest BCUT2D eigenvalue weighted by Crippen LogP contribution is 2.23. The van der Waals surface area contributed by atoms with E-state index in [4.69, 9.17) is 5.10 Å². The van der Waals surface area contributed by atoms with E-state index in [0.717, 1.165) is 16.9 Å². The van der Waals surface area contributed by atoms with Gasteiger partial charge in [-0.2, -0.15) is 4.52 Å². The van der Waals surface area contributed by atoms with Crippen molar-refractivity contribution in [1.82, 2.24) is 35.0 Å². The van der Waals surface area contributed by atoms with Crippen molar-refractivity contribution in [2.45, 2.75) is 12.6 Å². The van der Waals surface area contributed by atoms with Crippen LogP contribution in [0.4, 0.5) is 15.0 Å². The number of nitrogens with zero attached hydrogens (tertiary/aromatic N) is 7. The van der Waals surface area contributed by atoms with E-state index < -0.39 is 0 Å². The van der Waals surface area contributed by atoms with Crippen molar-refractivity contribution in [2.24, 2.45) is 0 Å². The van der Waals surface area contributed by atoms with Crippen LogP contribution in [0.15, 0.2) is 60.9 Å². The maximum Gasteiger partial charge on any atom is 0.317 e. The average molecular weight is 432 g/mol. The summed E-state index contributed by atoms with van der Waals surface area (Å²) < 4.78 is 14.7. The Hall–Kier alpha value is -4.08. The number of anilines is 1. The van der Waals surface area contributed by atoms with Crippen molar-refractivity contribution < 1.29 is 9.18 Å². The minimum Gasteiger partial charge on any atom is -0.351 e. The van der Waals surface area contributed by atoms with Gasteiger partial charge in [0.1, 0.15) is 11.6 Å². The molecule has 3 aromatic heterocycles. The van der Waals surface area contributed by atoms with Gasteiger partial charge in [0.2, 0.25) is 0 Å². The Balaban J connectivity index is 1.22. The maximum absolute atomic E-state index is 13.0. The number of hydrogen-bond donors (Lipinski definition) is 1. The lowest BCUT2D eigenvalue weighted by atomic mass is 10.1. The van der Waals surface area contributed by atoms with Gasteiger partial charge in [-0.05, 0) is 42.0 Å². The molecule has 0 bridgehead atoms. The van der Waals surface area contributed by atoms with Gasteiger partial charge in [-0.25, -0.2) is 9.18 Å². The lowest BCUT2D eigenvalue weighted by Crippen LogP contribution is -2.61. The number of pyridine rings is 1. The Labute approximate surface area is 183 Å². The third kappa shape index (κ3) is 3.82. The second-order valence-corrected chi connectivity index (χ2v) is 7.68. The summed E-state index contributed by atoms with van der Waals surface area (Å²) in [5, 5.41) is 16.0. The Kier molecular flexibility index (Phi) is 5.10. The van der Waals surface area contributed by atoms with Crippen LogP contribution in [-0.2, 0) is 6.54 Å². The smallest absolute Gasteiger partial charge is 0.317 e. The van der Waals surface area contributed by atoms with Gasteiger partial charge in [0.05, 0.1) is 6.04 Å². The number of nitrogens with one attached hydrogen (secondary N) is 1. The Morgan fingerprint density at radius 1 is 1.16 bits per heavy atom. The number of halogens is 1. The fourth-order valence-corrected chi connectivity index (χ4v) is 3.58. The molecule has 4 heterocycles. The molecule has 32 heavy (non-hydrogen) atoms. The lowest BCUT2D eigenvalue weighted by molar-refractivity contribution is 0.178. The zero-order valence-electron chi connectivity index (χ0n) is 17.4. The number of carbonyl (C=O) groups excluding carboxylic acids is 1. The molecule has 9 nitrogen and oxygen atoms in total. The van der Waals surface area contributed by atoms with Crippen molar-refractivity contribution in [2.75, 3.05) is 25.0 Å². The Morgan fingerprint density at radius 3 is 2.72 bits per heavy atom. The standard InChI is InChI=1S/C22H21FN8O/c1-29(22(32)25-11-15-4-6-17(23)7-5-15)18-13-30(14-18)20-9-8-19-26-27-21(31(19)28-20)16-3-2-10-24-12-16/h2-10,12,18H,11,13-14H2,1H3,(H,25,32). The number of likely N-dealkylation sites (N-methyl/N-ethyl adjacent to an activating group) is 1. The molecule has 2 amide bonds. The Morgan fingerprint density at radius 2 is 1.97 bits per heavy atom. The van der Waals surface area contributed by atoms with Gasteiger partial charge in [-0.15, -0.1) is 15.3 Å². The molecule has 1 saturated heterocycles. The summed E-state index contributed by atoms with van der Waals surface area (Å²) in [6.45, 7) is 1.69. The molecule has 162 valence electrons. The molecular formula is C22H21FN8O. The molecule has 0 aliphatic carbocycles. The zero-order valence-corrected chi connectivity index (χ0v) is 17.4. The third-order valence-corrected chi connectivity index (χ3v) is 5.58. The molecule has 1 N–H and O–H groups in total. The van der Waals surface area contributed by atoms with Crippen LogP contribution in [0.1, 0.15) is 5.56 Å². The van der Waals surface area contributed by atoms with E-state index in [0.29, 0.717) is 31.1 Å². The molecule has 10 heteroatoms. The quantitative estimate of drug-likeness (QED) is 0.521. The summed E-state index contributed by atoms with van der Waals surface area (Å²) in [5.74, 6) is 1.13. The van der Waals surface area contributed by atoms with E-state index in [1.54, 1.807) is 41.0 Å². The van der Waals surface area contributed by atoms with E-state index in [9.17, 15) is 9.18 Å². The van der Waals surface area contributed by atoms with Crippen molar-refractivity contribution >= 4 is 17.5 Å². The summed E-state index contributed by atoms with van der Waals surface area (Å²) in [5.41, 5.74) is 2.34. The number of rotatable bonds is 5. The number of hydrogen-bond acceptors (Lipinski definition) is 6. The van der Waals surface area contributed by atoms with Crippen LogP contribution in [0.25, 0.3) is 17.0 Å². The first-order valence-corrected chi connectivity index (χ1v) is 10.2. The monoisotopic (exact) mass is 432 g/mol. The summed E-state index contributed by atoms with van der Waals surface area (Å²) in [4.78, 5) is 20.4. The van der Waals surface area contributed by atoms with Crippen LogP contribution in [0.5, 0.6) is 0 Å². The molecule has 5 rings (SSSR count). The highest BCUT2D eigenvalue weighted by atomic mass is 19.1. The second kappa shape index (κ2) is 8.22. The van der Waals surface area contributed by atoms with Crippen LogP contribution in [0.2, 0.25) is 0 Å². The maximum atomic E-state index is 13.0. The first kappa shape index (κ1) is 19.9. The zero-order chi connectivity index (χ0) is 22.1. The molecular weight excluding hydrogens is 411 g/mol. The van der Waals surface area contributed by atoms with Crippen molar-refractivity contribution in [1.29, 1.82) is 0 Å². The molecule has 0 atom stereocenters. The number of amides is 2. The fourth-order valence-electron chi connectivity index (χ4n) is 3.58. The summed E-state index contributed by atoms with van der Waals surface area (Å²) >= 11 is 0. The van der Waals surface area contributed by atoms with Gasteiger partial charge in [0, 0.05) is 44.6 Å². The van der Waals surface area contributed by atoms with Crippen LogP contribution in [-0.4, -0.2) is 61.9 Å². The van der Waals surface area contributed by atoms with E-state index in [2.05, 4.69) is 25.4 Å². The molecule has 1 aliphatic rings. The van der Waals surface area contributed by atoms with Crippen LogP contribution >= 0.6 is 0 Å². The van der Waals surface area contributed by atoms with Gasteiger partial charge in [0.25, 0.3) is 0 Å². The van der Waals surface area contributed by atoms with E-state index >= 15 is 0 Å². The number of benzene rings is 1. The highest BCUT2D eigenvalue weighted by molar-refractivity contribution is 5.74. The van der Waals surface area contributed by atoms with Crippen molar-refractivity contribution in [3.05, 3.63) is 72.3 Å². The molecule has 0 unspecified atom stereocenters. The van der Waals surface area contributed by atoms with Gasteiger partial charge < -0.3 is 15.1 Å². The van der Waals surface area contributed by atoms with Crippen LogP contribution in [0.3, 0.4) is 0 Å². The minimum atomic E-state index is -0.294. The lowest BCUT2D eigenvalue weighted by Gasteiger charge is -2.44. The number of fused-ring (bicyclic) bond motifs is 1. The molecule has 4 aromatic rings. The van der Waals surface area contributed by atoms with Gasteiger partial charge in [-0.3, -0.25) is 4.98 Å². The molecule has 0 saturated carbocycles. The number of aromatic nitrogens is 5. The Bertz CT molecular complexity index is 1240. The topological polar surface area (TPSA) is 91.5 Å². The molecule has 1 aromatic carbocycles. The fraction of sp³-hybridized carbons (Fsp3) is 0.227. The normalized spacial score (nSPS) is 13.8. The summed E-state index contributed by atoms with van der Waals surface area (Å²) in [7, 11) is 1.78. The second-order valence-electron chi connectivity index (χ2n) is 7.68. The van der Waals surface area contributed by atoms with E-state index in [1.165, 1.54) is 12.1 Å². The predicted molar refractivity (Wildman–Crippen MR) is 116 cm³/mol. The van der Waals surface area contributed by atoms with E-state index in [-0.39, 0.29) is 17.9 Å². The average Bonchev–Trinajstić information content (AvgIpc) is 3.21. The van der Waals surface area contributed by atoms with Gasteiger partial charge in [0.15, 0.2) is 11.5 Å². The van der Waals surface area contributed by atoms with E-state index in [1.807, 2.05) is 24.3 Å². The SMILES string of the molecule is CN(C(=O)NCc1ccc(F)cc1)C1CN(c2ccc3nnc(-c4cccnc4)n3n2)C1. The van der Waals surface area contributed by atoms with Crippen LogP contribution < -0.4 is 10.2 Å². The van der Waals surface area contributed by atoms with Crippen LogP contribution in [0, 0.1) is 5.82 Å². The summed E-state index contributed by atoms with van der Waals surface area (Å²) in [6, 6.07) is 13.5. The molecule has 0 spiro atoms. The minimum absolute atomic E-state index is 0.0689. The number of carbonyl (C=O) groups is 1. The van der Waals surface area contributed by atoms with Crippen molar-refractivity contribution in [3.63, 3.8) is 0 Å². The first-order valence-electron chi connectivity index (χ1n) is 10.2. The first-order chi connectivity index (χ1) is 15.6. The largest absolute Gasteiger partial charge is 0.351 e. The predicted octanol–water partition coefficient (Wildman–Crippen LogP) is 2.36. The third-order valence-electron chi connectivity index (χ3n) is 5.58.